The monoisotopic (exact) mass is 540 g/mol. The first-order valence-electron chi connectivity index (χ1n) is 10.1. The van der Waals surface area contributed by atoms with Crippen LogP contribution in [-0.4, -0.2) is 44.7 Å². The number of aryl methyl sites for hydroxylation is 1. The Morgan fingerprint density at radius 2 is 1.81 bits per heavy atom. The number of rotatable bonds is 10. The number of carbonyl (C=O) groups excluding carboxylic acids is 1. The van der Waals surface area contributed by atoms with Crippen LogP contribution in [0, 0.1) is 6.92 Å². The van der Waals surface area contributed by atoms with Crippen molar-refractivity contribution in [1.29, 1.82) is 0 Å². The summed E-state index contributed by atoms with van der Waals surface area (Å²) in [6, 6.07) is 15.5. The smallest absolute Gasteiger partial charge is 0.242 e. The first-order chi connectivity index (χ1) is 14.5. The molecule has 0 radical (unpaired) electrons. The molecule has 0 saturated heterocycles. The lowest BCUT2D eigenvalue weighted by atomic mass is 10.2. The van der Waals surface area contributed by atoms with Crippen LogP contribution in [0.2, 0.25) is 0 Å². The molecule has 2 rings (SSSR count). The van der Waals surface area contributed by atoms with E-state index in [0.717, 1.165) is 22.6 Å². The summed E-state index contributed by atoms with van der Waals surface area (Å²) in [6.07, 6.45) is -0.0560. The van der Waals surface area contributed by atoms with Crippen molar-refractivity contribution in [2.75, 3.05) is 26.7 Å². The van der Waals surface area contributed by atoms with Crippen molar-refractivity contribution in [1.82, 2.24) is 16.0 Å². The zero-order chi connectivity index (χ0) is 21.8. The number of hydrogen-bond acceptors (Lipinski definition) is 4. The van der Waals surface area contributed by atoms with Crippen LogP contribution in [-0.2, 0) is 11.3 Å². The normalized spacial score (nSPS) is 11.7. The van der Waals surface area contributed by atoms with Crippen molar-refractivity contribution in [3.63, 3.8) is 0 Å². The summed E-state index contributed by atoms with van der Waals surface area (Å²) >= 11 is 0. The summed E-state index contributed by atoms with van der Waals surface area (Å²) in [6.45, 7) is 7.75. The Morgan fingerprint density at radius 3 is 2.45 bits per heavy atom. The summed E-state index contributed by atoms with van der Waals surface area (Å²) in [4.78, 5) is 16.5. The summed E-state index contributed by atoms with van der Waals surface area (Å²) in [7, 11) is 1.63. The molecule has 0 saturated carbocycles. The molecule has 31 heavy (non-hydrogen) atoms. The van der Waals surface area contributed by atoms with Gasteiger partial charge in [-0.25, -0.2) is 4.99 Å². The molecule has 0 aromatic heterocycles. The molecule has 0 spiro atoms. The van der Waals surface area contributed by atoms with Gasteiger partial charge in [0.1, 0.15) is 24.1 Å². The van der Waals surface area contributed by atoms with E-state index in [0.29, 0.717) is 25.6 Å². The number of amides is 1. The molecule has 0 bridgehead atoms. The van der Waals surface area contributed by atoms with Gasteiger partial charge in [-0.1, -0.05) is 24.3 Å². The predicted octanol–water partition coefficient (Wildman–Crippen LogP) is 3.26. The van der Waals surface area contributed by atoms with Crippen molar-refractivity contribution in [2.24, 2.45) is 4.99 Å². The number of nitrogens with one attached hydrogen (secondary N) is 3. The van der Waals surface area contributed by atoms with Gasteiger partial charge in [-0.2, -0.15) is 0 Å². The highest BCUT2D eigenvalue weighted by molar-refractivity contribution is 14.0. The van der Waals surface area contributed by atoms with Crippen LogP contribution in [0.3, 0.4) is 0 Å². The number of halogens is 1. The van der Waals surface area contributed by atoms with E-state index in [4.69, 9.17) is 9.47 Å². The standard InChI is InChI=1S/C23H32N4O3.HI/c1-5-24-23(26-14-18(3)30-21-8-6-7-17(2)13-21)27-16-22(28)25-15-19-9-11-20(29-4)12-10-19;/h6-13,18H,5,14-16H2,1-4H3,(H,25,28)(H2,24,26,27);1H. The summed E-state index contributed by atoms with van der Waals surface area (Å²) in [5.74, 6) is 2.06. The SMILES string of the molecule is CCNC(=NCC(=O)NCc1ccc(OC)cc1)NCC(C)Oc1cccc(C)c1.I. The third kappa shape index (κ3) is 10.4. The fourth-order valence-corrected chi connectivity index (χ4v) is 2.70. The molecule has 0 heterocycles. The van der Waals surface area contributed by atoms with Crippen LogP contribution in [0.25, 0.3) is 0 Å². The molecule has 170 valence electrons. The van der Waals surface area contributed by atoms with Gasteiger partial charge in [-0.15, -0.1) is 24.0 Å². The largest absolute Gasteiger partial charge is 0.497 e. The average Bonchev–Trinajstić information content (AvgIpc) is 2.74. The van der Waals surface area contributed by atoms with Gasteiger partial charge in [0.2, 0.25) is 5.91 Å². The maximum atomic E-state index is 12.1. The van der Waals surface area contributed by atoms with Crippen molar-refractivity contribution >= 4 is 35.8 Å². The van der Waals surface area contributed by atoms with Crippen LogP contribution in [0.15, 0.2) is 53.5 Å². The van der Waals surface area contributed by atoms with Crippen molar-refractivity contribution < 1.29 is 14.3 Å². The molecular weight excluding hydrogens is 507 g/mol. The number of methoxy groups -OCH3 is 1. The Kier molecular flexibility index (Phi) is 12.4. The van der Waals surface area contributed by atoms with Crippen LogP contribution in [0.4, 0.5) is 0 Å². The second-order valence-electron chi connectivity index (χ2n) is 6.95. The third-order valence-electron chi connectivity index (χ3n) is 4.26. The average molecular weight is 540 g/mol. The van der Waals surface area contributed by atoms with E-state index in [-0.39, 0.29) is 42.5 Å². The van der Waals surface area contributed by atoms with Gasteiger partial charge in [0.15, 0.2) is 5.96 Å². The quantitative estimate of drug-likeness (QED) is 0.245. The van der Waals surface area contributed by atoms with Crippen molar-refractivity contribution in [2.45, 2.75) is 33.4 Å². The molecule has 1 unspecified atom stereocenters. The van der Waals surface area contributed by atoms with E-state index in [1.165, 1.54) is 0 Å². The lowest BCUT2D eigenvalue weighted by Crippen LogP contribution is -2.42. The molecule has 2 aromatic rings. The van der Waals surface area contributed by atoms with Gasteiger partial charge in [0.25, 0.3) is 0 Å². The molecule has 0 aliphatic carbocycles. The lowest BCUT2D eigenvalue weighted by Gasteiger charge is -2.18. The van der Waals surface area contributed by atoms with E-state index in [1.807, 2.05) is 69.3 Å². The van der Waals surface area contributed by atoms with Gasteiger partial charge in [-0.3, -0.25) is 4.79 Å². The lowest BCUT2D eigenvalue weighted by molar-refractivity contribution is -0.119. The summed E-state index contributed by atoms with van der Waals surface area (Å²) < 4.78 is 11.1. The number of aliphatic imine (C=N–C) groups is 1. The second kappa shape index (κ2) is 14.5. The van der Waals surface area contributed by atoms with Gasteiger partial charge < -0.3 is 25.4 Å². The molecule has 1 amide bonds. The van der Waals surface area contributed by atoms with E-state index < -0.39 is 0 Å². The van der Waals surface area contributed by atoms with E-state index in [1.54, 1.807) is 7.11 Å². The highest BCUT2D eigenvalue weighted by Gasteiger charge is 2.07. The molecule has 1 atom stereocenters. The molecule has 8 heteroatoms. The highest BCUT2D eigenvalue weighted by Crippen LogP contribution is 2.14. The van der Waals surface area contributed by atoms with Gasteiger partial charge in [-0.05, 0) is 56.2 Å². The van der Waals surface area contributed by atoms with E-state index in [9.17, 15) is 4.79 Å². The Bertz CT molecular complexity index is 828. The third-order valence-corrected chi connectivity index (χ3v) is 4.26. The Hall–Kier alpha value is -2.49. The summed E-state index contributed by atoms with van der Waals surface area (Å²) in [5.41, 5.74) is 2.16. The van der Waals surface area contributed by atoms with Gasteiger partial charge >= 0.3 is 0 Å². The molecule has 0 aliphatic rings. The Morgan fingerprint density at radius 1 is 1.06 bits per heavy atom. The van der Waals surface area contributed by atoms with Gasteiger partial charge in [0.05, 0.1) is 13.7 Å². The number of benzene rings is 2. The number of hydrogen-bond donors (Lipinski definition) is 3. The summed E-state index contributed by atoms with van der Waals surface area (Å²) in [5, 5.41) is 9.23. The van der Waals surface area contributed by atoms with Crippen LogP contribution in [0.1, 0.15) is 25.0 Å². The fraction of sp³-hybridized carbons (Fsp3) is 0.391. The van der Waals surface area contributed by atoms with Crippen molar-refractivity contribution in [3.05, 3.63) is 59.7 Å². The maximum Gasteiger partial charge on any atom is 0.242 e. The molecular formula is C23H33IN4O3. The van der Waals surface area contributed by atoms with E-state index in [2.05, 4.69) is 20.9 Å². The first kappa shape index (κ1) is 26.5. The Balaban J connectivity index is 0.00000480. The zero-order valence-corrected chi connectivity index (χ0v) is 20.9. The molecule has 0 fully saturated rings. The minimum absolute atomic E-state index is 0. The topological polar surface area (TPSA) is 84.0 Å². The predicted molar refractivity (Wildman–Crippen MR) is 136 cm³/mol. The number of carbonyl (C=O) groups is 1. The molecule has 3 N–H and O–H groups in total. The van der Waals surface area contributed by atoms with Crippen LogP contribution < -0.4 is 25.4 Å². The minimum Gasteiger partial charge on any atom is -0.497 e. The number of nitrogens with zero attached hydrogens (tertiary/aromatic N) is 1. The fourth-order valence-electron chi connectivity index (χ4n) is 2.70. The molecule has 0 aliphatic heterocycles. The van der Waals surface area contributed by atoms with Crippen LogP contribution in [0.5, 0.6) is 11.5 Å². The molecule has 2 aromatic carbocycles. The molecule has 7 nitrogen and oxygen atoms in total. The minimum atomic E-state index is -0.146. The Labute approximate surface area is 202 Å². The van der Waals surface area contributed by atoms with E-state index >= 15 is 0 Å². The highest BCUT2D eigenvalue weighted by atomic mass is 127. The number of guanidine groups is 1. The maximum absolute atomic E-state index is 12.1. The van der Waals surface area contributed by atoms with Crippen molar-refractivity contribution in [3.8, 4) is 11.5 Å². The number of ether oxygens (including phenoxy) is 2. The zero-order valence-electron chi connectivity index (χ0n) is 18.6. The van der Waals surface area contributed by atoms with Gasteiger partial charge in [0, 0.05) is 13.1 Å². The van der Waals surface area contributed by atoms with Crippen LogP contribution >= 0.6 is 24.0 Å². The first-order valence-corrected chi connectivity index (χ1v) is 10.1. The second-order valence-corrected chi connectivity index (χ2v) is 6.95.